The predicted octanol–water partition coefficient (Wildman–Crippen LogP) is 3.29. The summed E-state index contributed by atoms with van der Waals surface area (Å²) in [5.74, 6) is -0.803. The van der Waals surface area contributed by atoms with Crippen molar-refractivity contribution in [2.75, 3.05) is 19.0 Å². The van der Waals surface area contributed by atoms with Crippen molar-refractivity contribution in [3.8, 4) is 5.75 Å². The van der Waals surface area contributed by atoms with Gasteiger partial charge in [0, 0.05) is 11.6 Å². The van der Waals surface area contributed by atoms with Crippen molar-refractivity contribution in [2.24, 2.45) is 0 Å². The number of benzene rings is 2. The van der Waals surface area contributed by atoms with E-state index >= 15 is 0 Å². The van der Waals surface area contributed by atoms with Crippen LogP contribution in [0.4, 0.5) is 14.5 Å². The zero-order valence-electron chi connectivity index (χ0n) is 11.9. The molecule has 0 fully saturated rings. The SMILES string of the molecule is COc1ccccc1NC(C)(CO)c1ccc(F)cc1F. The second-order valence-corrected chi connectivity index (χ2v) is 4.94. The van der Waals surface area contributed by atoms with Crippen LogP contribution in [0.25, 0.3) is 0 Å². The Labute approximate surface area is 122 Å². The van der Waals surface area contributed by atoms with Gasteiger partial charge in [-0.2, -0.15) is 0 Å². The van der Waals surface area contributed by atoms with Crippen molar-refractivity contribution in [3.63, 3.8) is 0 Å². The molecular formula is C16H17F2NO2. The molecule has 0 amide bonds. The zero-order valence-corrected chi connectivity index (χ0v) is 11.9. The molecule has 0 aliphatic rings. The van der Waals surface area contributed by atoms with E-state index in [0.29, 0.717) is 11.4 Å². The lowest BCUT2D eigenvalue weighted by Crippen LogP contribution is -2.37. The number of hydrogen-bond acceptors (Lipinski definition) is 3. The fourth-order valence-corrected chi connectivity index (χ4v) is 2.17. The third-order valence-corrected chi connectivity index (χ3v) is 3.36. The largest absolute Gasteiger partial charge is 0.495 e. The minimum atomic E-state index is -1.10. The van der Waals surface area contributed by atoms with Gasteiger partial charge >= 0.3 is 0 Å². The highest BCUT2D eigenvalue weighted by Gasteiger charge is 2.29. The first-order valence-electron chi connectivity index (χ1n) is 6.48. The Balaban J connectivity index is 2.41. The van der Waals surface area contributed by atoms with Crippen molar-refractivity contribution < 1.29 is 18.6 Å². The second kappa shape index (κ2) is 6.10. The molecule has 0 aromatic heterocycles. The Morgan fingerprint density at radius 1 is 1.19 bits per heavy atom. The van der Waals surface area contributed by atoms with Crippen LogP contribution in [0, 0.1) is 11.6 Å². The lowest BCUT2D eigenvalue weighted by Gasteiger charge is -2.31. The van der Waals surface area contributed by atoms with Crippen molar-refractivity contribution in [1.82, 2.24) is 0 Å². The van der Waals surface area contributed by atoms with Crippen LogP contribution >= 0.6 is 0 Å². The van der Waals surface area contributed by atoms with Gasteiger partial charge < -0.3 is 15.2 Å². The summed E-state index contributed by atoms with van der Waals surface area (Å²) >= 11 is 0. The molecule has 0 bridgehead atoms. The van der Waals surface area contributed by atoms with Gasteiger partial charge in [-0.15, -0.1) is 0 Å². The van der Waals surface area contributed by atoms with E-state index in [1.807, 2.05) is 0 Å². The quantitative estimate of drug-likeness (QED) is 0.889. The van der Waals surface area contributed by atoms with Gasteiger partial charge in [0.1, 0.15) is 17.4 Å². The number of methoxy groups -OCH3 is 1. The van der Waals surface area contributed by atoms with E-state index in [2.05, 4.69) is 5.32 Å². The first kappa shape index (κ1) is 15.3. The Kier molecular flexibility index (Phi) is 4.43. The van der Waals surface area contributed by atoms with Gasteiger partial charge in [0.2, 0.25) is 0 Å². The molecule has 0 saturated carbocycles. The minimum Gasteiger partial charge on any atom is -0.495 e. The van der Waals surface area contributed by atoms with Crippen LogP contribution in [0.2, 0.25) is 0 Å². The first-order chi connectivity index (χ1) is 10.00. The lowest BCUT2D eigenvalue weighted by atomic mass is 9.91. The lowest BCUT2D eigenvalue weighted by molar-refractivity contribution is 0.220. The predicted molar refractivity (Wildman–Crippen MR) is 77.4 cm³/mol. The second-order valence-electron chi connectivity index (χ2n) is 4.94. The molecule has 112 valence electrons. The summed E-state index contributed by atoms with van der Waals surface area (Å²) in [5, 5.41) is 12.8. The van der Waals surface area contributed by atoms with E-state index in [4.69, 9.17) is 4.74 Å². The summed E-state index contributed by atoms with van der Waals surface area (Å²) in [7, 11) is 1.52. The van der Waals surface area contributed by atoms with Crippen LogP contribution in [0.5, 0.6) is 5.75 Å². The van der Waals surface area contributed by atoms with Crippen molar-refractivity contribution in [2.45, 2.75) is 12.5 Å². The molecule has 0 radical (unpaired) electrons. The van der Waals surface area contributed by atoms with Gasteiger partial charge in [-0.25, -0.2) is 8.78 Å². The normalized spacial score (nSPS) is 13.6. The highest BCUT2D eigenvalue weighted by atomic mass is 19.1. The molecular weight excluding hydrogens is 276 g/mol. The summed E-state index contributed by atoms with van der Waals surface area (Å²) in [6.45, 7) is 1.27. The van der Waals surface area contributed by atoms with Crippen LogP contribution in [-0.4, -0.2) is 18.8 Å². The van der Waals surface area contributed by atoms with Gasteiger partial charge in [0.15, 0.2) is 0 Å². The molecule has 5 heteroatoms. The maximum atomic E-state index is 14.0. The molecule has 1 unspecified atom stereocenters. The number of hydrogen-bond donors (Lipinski definition) is 2. The van der Waals surface area contributed by atoms with E-state index in [9.17, 15) is 13.9 Å². The van der Waals surface area contributed by atoms with Gasteiger partial charge in [0.25, 0.3) is 0 Å². The number of para-hydroxylation sites is 2. The third kappa shape index (κ3) is 3.13. The van der Waals surface area contributed by atoms with Gasteiger partial charge in [0.05, 0.1) is 24.9 Å². The Morgan fingerprint density at radius 2 is 1.90 bits per heavy atom. The number of aliphatic hydroxyl groups is 1. The number of aliphatic hydroxyl groups excluding tert-OH is 1. The van der Waals surface area contributed by atoms with Crippen molar-refractivity contribution in [1.29, 1.82) is 0 Å². The standard InChI is InChI=1S/C16H17F2NO2/c1-16(10-20,12-8-7-11(17)9-13(12)18)19-14-5-3-4-6-15(14)21-2/h3-9,19-20H,10H2,1-2H3. The summed E-state index contributed by atoms with van der Waals surface area (Å²) < 4.78 is 32.3. The highest BCUT2D eigenvalue weighted by molar-refractivity contribution is 5.58. The molecule has 3 nitrogen and oxygen atoms in total. The van der Waals surface area contributed by atoms with Crippen LogP contribution in [-0.2, 0) is 5.54 Å². The topological polar surface area (TPSA) is 41.5 Å². The van der Waals surface area contributed by atoms with Gasteiger partial charge in [-0.1, -0.05) is 18.2 Å². The molecule has 1 atom stereocenters. The number of nitrogens with one attached hydrogen (secondary N) is 1. The maximum absolute atomic E-state index is 14.0. The Morgan fingerprint density at radius 3 is 2.52 bits per heavy atom. The van der Waals surface area contributed by atoms with Gasteiger partial charge in [-0.3, -0.25) is 0 Å². The zero-order chi connectivity index (χ0) is 15.5. The Hall–Kier alpha value is -2.14. The third-order valence-electron chi connectivity index (χ3n) is 3.36. The van der Waals surface area contributed by atoms with E-state index in [1.165, 1.54) is 13.2 Å². The molecule has 0 aliphatic heterocycles. The smallest absolute Gasteiger partial charge is 0.141 e. The highest BCUT2D eigenvalue weighted by Crippen LogP contribution is 2.32. The molecule has 2 rings (SSSR count). The van der Waals surface area contributed by atoms with Crippen LogP contribution in [0.3, 0.4) is 0 Å². The van der Waals surface area contributed by atoms with Crippen molar-refractivity contribution in [3.05, 3.63) is 59.7 Å². The number of anilines is 1. The van der Waals surface area contributed by atoms with E-state index < -0.39 is 17.2 Å². The van der Waals surface area contributed by atoms with Crippen LogP contribution in [0.15, 0.2) is 42.5 Å². The number of ether oxygens (including phenoxy) is 1. The van der Waals surface area contributed by atoms with E-state index in [1.54, 1.807) is 31.2 Å². The van der Waals surface area contributed by atoms with Gasteiger partial charge in [-0.05, 0) is 25.1 Å². The first-order valence-corrected chi connectivity index (χ1v) is 6.48. The monoisotopic (exact) mass is 293 g/mol. The molecule has 0 spiro atoms. The summed E-state index contributed by atoms with van der Waals surface area (Å²) in [5.41, 5.74) is -0.315. The molecule has 2 aromatic carbocycles. The molecule has 2 N–H and O–H groups in total. The molecule has 2 aromatic rings. The number of halogens is 2. The maximum Gasteiger partial charge on any atom is 0.141 e. The Bertz CT molecular complexity index is 633. The average Bonchev–Trinajstić information content (AvgIpc) is 2.47. The minimum absolute atomic E-state index is 0.178. The van der Waals surface area contributed by atoms with E-state index in [-0.39, 0.29) is 12.2 Å². The van der Waals surface area contributed by atoms with E-state index in [0.717, 1.165) is 12.1 Å². The average molecular weight is 293 g/mol. The van der Waals surface area contributed by atoms with Crippen LogP contribution < -0.4 is 10.1 Å². The fourth-order valence-electron chi connectivity index (χ4n) is 2.17. The molecule has 0 heterocycles. The molecule has 0 aliphatic carbocycles. The summed E-state index contributed by atoms with van der Waals surface area (Å²) in [4.78, 5) is 0. The number of rotatable bonds is 5. The summed E-state index contributed by atoms with van der Waals surface area (Å²) in [6, 6.07) is 10.4. The molecule has 0 saturated heterocycles. The molecule has 21 heavy (non-hydrogen) atoms. The van der Waals surface area contributed by atoms with Crippen LogP contribution in [0.1, 0.15) is 12.5 Å². The fraction of sp³-hybridized carbons (Fsp3) is 0.250. The summed E-state index contributed by atoms with van der Waals surface area (Å²) in [6.07, 6.45) is 0. The van der Waals surface area contributed by atoms with Crippen molar-refractivity contribution >= 4 is 5.69 Å².